The van der Waals surface area contributed by atoms with Gasteiger partial charge in [0.15, 0.2) is 23.7 Å². The smallest absolute Gasteiger partial charge is 0.203 e. The predicted molar refractivity (Wildman–Crippen MR) is 38.3 cm³/mol. The van der Waals surface area contributed by atoms with Crippen LogP contribution < -0.4 is 4.74 Å². The molecule has 5 heteroatoms. The van der Waals surface area contributed by atoms with Gasteiger partial charge in [-0.25, -0.2) is 8.78 Å². The van der Waals surface area contributed by atoms with Crippen molar-refractivity contribution in [3.63, 3.8) is 0 Å². The van der Waals surface area contributed by atoms with Crippen molar-refractivity contribution in [3.8, 4) is 5.75 Å². The minimum atomic E-state index is -1.44. The number of benzene rings is 1. The van der Waals surface area contributed by atoms with E-state index < -0.39 is 28.8 Å². The first kappa shape index (κ1) is 9.57. The van der Waals surface area contributed by atoms with E-state index in [4.69, 9.17) is 0 Å². The highest BCUT2D eigenvalue weighted by atomic mass is 19.2. The first-order valence-corrected chi connectivity index (χ1v) is 3.28. The lowest BCUT2D eigenvalue weighted by Crippen LogP contribution is -2.00. The Kier molecular flexibility index (Phi) is 2.55. The third kappa shape index (κ3) is 1.49. The Labute approximate surface area is 71.9 Å². The molecule has 0 aliphatic heterocycles. The van der Waals surface area contributed by atoms with Gasteiger partial charge in [-0.1, -0.05) is 0 Å². The average molecular weight is 190 g/mol. The molecule has 0 saturated carbocycles. The SMILES string of the molecule is COc1c(F)c(F)cc(C=O)c1F. The molecule has 1 rings (SSSR count). The molecule has 0 spiro atoms. The maximum absolute atomic E-state index is 13.0. The zero-order valence-electron chi connectivity index (χ0n) is 6.61. The van der Waals surface area contributed by atoms with Crippen molar-refractivity contribution in [1.82, 2.24) is 0 Å². The van der Waals surface area contributed by atoms with Crippen LogP contribution in [-0.4, -0.2) is 13.4 Å². The van der Waals surface area contributed by atoms with Gasteiger partial charge in [0.2, 0.25) is 5.82 Å². The number of halogens is 3. The molecule has 0 saturated heterocycles. The molecule has 0 fully saturated rings. The summed E-state index contributed by atoms with van der Waals surface area (Å²) in [6.07, 6.45) is 0.0837. The highest BCUT2D eigenvalue weighted by molar-refractivity contribution is 5.76. The van der Waals surface area contributed by atoms with E-state index in [2.05, 4.69) is 4.74 Å². The maximum Gasteiger partial charge on any atom is 0.203 e. The van der Waals surface area contributed by atoms with Gasteiger partial charge in [-0.2, -0.15) is 4.39 Å². The van der Waals surface area contributed by atoms with Crippen LogP contribution in [0.5, 0.6) is 5.75 Å². The molecule has 1 aromatic rings. The third-order valence-corrected chi connectivity index (χ3v) is 1.48. The van der Waals surface area contributed by atoms with Crippen molar-refractivity contribution in [2.75, 3.05) is 7.11 Å². The number of hydrogen-bond donors (Lipinski definition) is 0. The molecule has 13 heavy (non-hydrogen) atoms. The molecule has 0 aliphatic carbocycles. The minimum Gasteiger partial charge on any atom is -0.491 e. The van der Waals surface area contributed by atoms with Crippen LogP contribution in [0.15, 0.2) is 6.07 Å². The summed E-state index contributed by atoms with van der Waals surface area (Å²) in [5.41, 5.74) is -0.573. The second-order valence-corrected chi connectivity index (χ2v) is 2.23. The molecule has 0 unspecified atom stereocenters. The zero-order valence-corrected chi connectivity index (χ0v) is 6.61. The molecule has 0 N–H and O–H groups in total. The summed E-state index contributed by atoms with van der Waals surface area (Å²) in [5.74, 6) is -4.84. The number of ether oxygens (including phenoxy) is 1. The van der Waals surface area contributed by atoms with Crippen LogP contribution in [0.3, 0.4) is 0 Å². The van der Waals surface area contributed by atoms with Crippen molar-refractivity contribution in [2.45, 2.75) is 0 Å². The van der Waals surface area contributed by atoms with Crippen LogP contribution >= 0.6 is 0 Å². The van der Waals surface area contributed by atoms with E-state index in [0.717, 1.165) is 7.11 Å². The summed E-state index contributed by atoms with van der Waals surface area (Å²) < 4.78 is 42.5. The Morgan fingerprint density at radius 1 is 1.31 bits per heavy atom. The summed E-state index contributed by atoms with van der Waals surface area (Å²) in [6, 6.07) is 0.472. The van der Waals surface area contributed by atoms with E-state index in [1.807, 2.05) is 0 Å². The average Bonchev–Trinajstić information content (AvgIpc) is 2.12. The lowest BCUT2D eigenvalue weighted by molar-refractivity contribution is 0.111. The summed E-state index contributed by atoms with van der Waals surface area (Å²) in [6.45, 7) is 0. The van der Waals surface area contributed by atoms with Gasteiger partial charge in [-0.05, 0) is 6.07 Å². The Balaban J connectivity index is 3.47. The van der Waals surface area contributed by atoms with E-state index in [1.54, 1.807) is 0 Å². The van der Waals surface area contributed by atoms with E-state index >= 15 is 0 Å². The number of carbonyl (C=O) groups is 1. The quantitative estimate of drug-likeness (QED) is 0.526. The number of hydrogen-bond acceptors (Lipinski definition) is 2. The topological polar surface area (TPSA) is 26.3 Å². The van der Waals surface area contributed by atoms with Gasteiger partial charge in [0, 0.05) is 0 Å². The van der Waals surface area contributed by atoms with E-state index in [0.29, 0.717) is 6.07 Å². The summed E-state index contributed by atoms with van der Waals surface area (Å²) in [4.78, 5) is 10.2. The monoisotopic (exact) mass is 190 g/mol. The van der Waals surface area contributed by atoms with Crippen LogP contribution in [0, 0.1) is 17.5 Å². The van der Waals surface area contributed by atoms with Crippen LogP contribution in [0.2, 0.25) is 0 Å². The molecular formula is C8H5F3O2. The Hall–Kier alpha value is -1.52. The molecule has 0 aliphatic rings. The van der Waals surface area contributed by atoms with Crippen molar-refractivity contribution < 1.29 is 22.7 Å². The summed E-state index contributed by atoms with van der Waals surface area (Å²) >= 11 is 0. The number of methoxy groups -OCH3 is 1. The van der Waals surface area contributed by atoms with Crippen molar-refractivity contribution in [1.29, 1.82) is 0 Å². The molecule has 0 radical (unpaired) electrons. The third-order valence-electron chi connectivity index (χ3n) is 1.48. The van der Waals surface area contributed by atoms with Crippen molar-refractivity contribution in [2.24, 2.45) is 0 Å². The molecule has 0 bridgehead atoms. The van der Waals surface area contributed by atoms with E-state index in [-0.39, 0.29) is 6.29 Å². The molecule has 2 nitrogen and oxygen atoms in total. The van der Waals surface area contributed by atoms with Gasteiger partial charge in [-0.3, -0.25) is 4.79 Å². The Bertz CT molecular complexity index is 350. The zero-order chi connectivity index (χ0) is 10.0. The normalized spacial score (nSPS) is 9.85. The fourth-order valence-electron chi connectivity index (χ4n) is 0.864. The lowest BCUT2D eigenvalue weighted by Gasteiger charge is -2.05. The molecular weight excluding hydrogens is 185 g/mol. The van der Waals surface area contributed by atoms with Gasteiger partial charge in [0.25, 0.3) is 0 Å². The molecule has 0 aromatic heterocycles. The van der Waals surface area contributed by atoms with Crippen LogP contribution in [-0.2, 0) is 0 Å². The largest absolute Gasteiger partial charge is 0.491 e. The first-order valence-electron chi connectivity index (χ1n) is 3.28. The summed E-state index contributed by atoms with van der Waals surface area (Å²) in [5, 5.41) is 0. The predicted octanol–water partition coefficient (Wildman–Crippen LogP) is 1.93. The highest BCUT2D eigenvalue weighted by Crippen LogP contribution is 2.25. The van der Waals surface area contributed by atoms with Crippen molar-refractivity contribution >= 4 is 6.29 Å². The first-order chi connectivity index (χ1) is 6.11. The van der Waals surface area contributed by atoms with Gasteiger partial charge in [0.05, 0.1) is 12.7 Å². The second kappa shape index (κ2) is 3.47. The number of aldehydes is 1. The van der Waals surface area contributed by atoms with Gasteiger partial charge < -0.3 is 4.74 Å². The highest BCUT2D eigenvalue weighted by Gasteiger charge is 2.18. The van der Waals surface area contributed by atoms with Gasteiger partial charge in [0.1, 0.15) is 0 Å². The number of carbonyl (C=O) groups excluding carboxylic acids is 1. The van der Waals surface area contributed by atoms with E-state index in [1.165, 1.54) is 0 Å². The van der Waals surface area contributed by atoms with Gasteiger partial charge >= 0.3 is 0 Å². The molecule has 0 heterocycles. The fraction of sp³-hybridized carbons (Fsp3) is 0.125. The molecule has 0 atom stereocenters. The summed E-state index contributed by atoms with van der Waals surface area (Å²) in [7, 11) is 0.982. The molecule has 70 valence electrons. The standard InChI is InChI=1S/C8H5F3O2/c1-13-8-6(10)4(3-12)2-5(9)7(8)11/h2-3H,1H3. The van der Waals surface area contributed by atoms with Crippen LogP contribution in [0.1, 0.15) is 10.4 Å². The maximum atomic E-state index is 13.0. The van der Waals surface area contributed by atoms with Gasteiger partial charge in [-0.15, -0.1) is 0 Å². The molecule has 0 amide bonds. The Morgan fingerprint density at radius 2 is 1.92 bits per heavy atom. The molecule has 1 aromatic carbocycles. The fourth-order valence-corrected chi connectivity index (χ4v) is 0.864. The van der Waals surface area contributed by atoms with Crippen LogP contribution in [0.25, 0.3) is 0 Å². The Morgan fingerprint density at radius 3 is 2.38 bits per heavy atom. The minimum absolute atomic E-state index is 0.0837. The van der Waals surface area contributed by atoms with E-state index in [9.17, 15) is 18.0 Å². The second-order valence-electron chi connectivity index (χ2n) is 2.23. The van der Waals surface area contributed by atoms with Crippen molar-refractivity contribution in [3.05, 3.63) is 29.1 Å². The lowest BCUT2D eigenvalue weighted by atomic mass is 10.2. The van der Waals surface area contributed by atoms with Crippen LogP contribution in [0.4, 0.5) is 13.2 Å². The number of rotatable bonds is 2.